The van der Waals surface area contributed by atoms with Crippen LogP contribution in [0.15, 0.2) is 18.2 Å². The van der Waals surface area contributed by atoms with Crippen molar-refractivity contribution in [3.05, 3.63) is 28.2 Å². The SMILES string of the molecule is CC(C)[C@H](NC(=O)N[C@H]1CCS(=O)(=O)C1)C(=O)Nc1cc(Cl)cc(Cl)c1. The average Bonchev–Trinajstić information content (AvgIpc) is 2.82. The second-order valence-electron chi connectivity index (χ2n) is 6.59. The van der Waals surface area contributed by atoms with Crippen molar-refractivity contribution in [1.82, 2.24) is 10.6 Å². The normalized spacial score (nSPS) is 19.8. The van der Waals surface area contributed by atoms with E-state index in [2.05, 4.69) is 16.0 Å². The van der Waals surface area contributed by atoms with Gasteiger partial charge in [0.2, 0.25) is 5.91 Å². The van der Waals surface area contributed by atoms with Crippen LogP contribution in [0.1, 0.15) is 20.3 Å². The summed E-state index contributed by atoms with van der Waals surface area (Å²) in [6, 6.07) is 2.80. The monoisotopic (exact) mass is 421 g/mol. The smallest absolute Gasteiger partial charge is 0.315 e. The molecule has 2 rings (SSSR count). The zero-order valence-corrected chi connectivity index (χ0v) is 16.7. The molecule has 7 nitrogen and oxygen atoms in total. The molecule has 0 radical (unpaired) electrons. The Morgan fingerprint density at radius 3 is 2.27 bits per heavy atom. The molecule has 10 heteroatoms. The molecule has 0 spiro atoms. The number of urea groups is 1. The molecular formula is C16H21Cl2N3O4S. The van der Waals surface area contributed by atoms with E-state index in [-0.39, 0.29) is 17.4 Å². The van der Waals surface area contributed by atoms with Gasteiger partial charge in [-0.1, -0.05) is 37.0 Å². The lowest BCUT2D eigenvalue weighted by atomic mass is 10.0. The molecule has 1 saturated heterocycles. The highest BCUT2D eigenvalue weighted by Gasteiger charge is 2.30. The minimum absolute atomic E-state index is 0.0571. The Morgan fingerprint density at radius 1 is 1.15 bits per heavy atom. The van der Waals surface area contributed by atoms with Crippen LogP contribution in [0.5, 0.6) is 0 Å². The quantitative estimate of drug-likeness (QED) is 0.678. The number of rotatable bonds is 5. The van der Waals surface area contributed by atoms with Crippen LogP contribution in [0.25, 0.3) is 0 Å². The van der Waals surface area contributed by atoms with E-state index >= 15 is 0 Å². The maximum absolute atomic E-state index is 12.5. The number of hydrogen-bond acceptors (Lipinski definition) is 4. The fourth-order valence-electron chi connectivity index (χ4n) is 2.66. The number of benzene rings is 1. The lowest BCUT2D eigenvalue weighted by molar-refractivity contribution is -0.118. The van der Waals surface area contributed by atoms with Gasteiger partial charge in [0, 0.05) is 21.8 Å². The van der Waals surface area contributed by atoms with Gasteiger partial charge in [0.15, 0.2) is 9.84 Å². The summed E-state index contributed by atoms with van der Waals surface area (Å²) in [5.74, 6) is -0.642. The van der Waals surface area contributed by atoms with Crippen molar-refractivity contribution in [2.24, 2.45) is 5.92 Å². The zero-order chi connectivity index (χ0) is 19.5. The molecule has 0 aromatic heterocycles. The molecule has 0 unspecified atom stereocenters. The van der Waals surface area contributed by atoms with E-state index < -0.39 is 33.9 Å². The van der Waals surface area contributed by atoms with Gasteiger partial charge in [0.1, 0.15) is 6.04 Å². The summed E-state index contributed by atoms with van der Waals surface area (Å²) in [5, 5.41) is 8.63. The molecule has 1 aromatic rings. The van der Waals surface area contributed by atoms with Crippen LogP contribution in [0.3, 0.4) is 0 Å². The molecular weight excluding hydrogens is 401 g/mol. The number of carbonyl (C=O) groups excluding carboxylic acids is 2. The predicted molar refractivity (Wildman–Crippen MR) is 102 cm³/mol. The van der Waals surface area contributed by atoms with Gasteiger partial charge in [-0.15, -0.1) is 0 Å². The predicted octanol–water partition coefficient (Wildman–Crippen LogP) is 2.44. The zero-order valence-electron chi connectivity index (χ0n) is 14.4. The number of amides is 3. The van der Waals surface area contributed by atoms with Crippen LogP contribution in [0.4, 0.5) is 10.5 Å². The highest BCUT2D eigenvalue weighted by atomic mass is 35.5. The molecule has 1 aromatic carbocycles. The molecule has 3 N–H and O–H groups in total. The number of hydrogen-bond donors (Lipinski definition) is 3. The van der Waals surface area contributed by atoms with Crippen LogP contribution < -0.4 is 16.0 Å². The van der Waals surface area contributed by atoms with Gasteiger partial charge in [-0.2, -0.15) is 0 Å². The minimum Gasteiger partial charge on any atom is -0.334 e. The molecule has 0 saturated carbocycles. The molecule has 1 fully saturated rings. The first-order valence-electron chi connectivity index (χ1n) is 8.10. The molecule has 1 aliphatic rings. The van der Waals surface area contributed by atoms with Crippen LogP contribution in [-0.4, -0.2) is 43.9 Å². The van der Waals surface area contributed by atoms with Crippen molar-refractivity contribution >= 4 is 50.7 Å². The largest absolute Gasteiger partial charge is 0.334 e. The fraction of sp³-hybridized carbons (Fsp3) is 0.500. The van der Waals surface area contributed by atoms with Crippen LogP contribution in [-0.2, 0) is 14.6 Å². The maximum atomic E-state index is 12.5. The molecule has 1 heterocycles. The summed E-state index contributed by atoms with van der Waals surface area (Å²) in [4.78, 5) is 24.7. The summed E-state index contributed by atoms with van der Waals surface area (Å²) in [5.41, 5.74) is 0.419. The fourth-order valence-corrected chi connectivity index (χ4v) is 4.86. The summed E-state index contributed by atoms with van der Waals surface area (Å²) < 4.78 is 22.9. The van der Waals surface area contributed by atoms with Crippen molar-refractivity contribution in [2.45, 2.75) is 32.4 Å². The van der Waals surface area contributed by atoms with Crippen molar-refractivity contribution in [3.63, 3.8) is 0 Å². The van der Waals surface area contributed by atoms with Crippen LogP contribution >= 0.6 is 23.2 Å². The Morgan fingerprint density at radius 2 is 1.77 bits per heavy atom. The first-order valence-corrected chi connectivity index (χ1v) is 10.7. The molecule has 0 bridgehead atoms. The number of sulfone groups is 1. The third kappa shape index (κ3) is 6.03. The Labute approximate surface area is 162 Å². The highest BCUT2D eigenvalue weighted by molar-refractivity contribution is 7.91. The second kappa shape index (κ2) is 8.45. The molecule has 0 aliphatic carbocycles. The van der Waals surface area contributed by atoms with E-state index in [1.165, 1.54) is 0 Å². The standard InChI is InChI=1S/C16H21Cl2N3O4S/c1-9(2)14(15(22)19-13-6-10(17)5-11(18)7-13)21-16(23)20-12-3-4-26(24,25)8-12/h5-7,9,12,14H,3-4,8H2,1-2H3,(H,19,22)(H2,20,21,23)/t12-,14-/m0/s1. The first kappa shape index (κ1) is 20.8. The number of nitrogens with one attached hydrogen (secondary N) is 3. The van der Waals surface area contributed by atoms with E-state index in [1.807, 2.05) is 0 Å². The van der Waals surface area contributed by atoms with Crippen molar-refractivity contribution in [2.75, 3.05) is 16.8 Å². The summed E-state index contributed by atoms with van der Waals surface area (Å²) in [6.07, 6.45) is 0.370. The third-order valence-electron chi connectivity index (χ3n) is 3.93. The second-order valence-corrected chi connectivity index (χ2v) is 9.69. The van der Waals surface area contributed by atoms with Crippen molar-refractivity contribution in [1.29, 1.82) is 0 Å². The summed E-state index contributed by atoms with van der Waals surface area (Å²) >= 11 is 11.8. The molecule has 144 valence electrons. The maximum Gasteiger partial charge on any atom is 0.315 e. The third-order valence-corrected chi connectivity index (χ3v) is 6.14. The topological polar surface area (TPSA) is 104 Å². The number of anilines is 1. The van der Waals surface area contributed by atoms with Gasteiger partial charge >= 0.3 is 6.03 Å². The van der Waals surface area contributed by atoms with E-state index in [9.17, 15) is 18.0 Å². The summed E-state index contributed by atoms with van der Waals surface area (Å²) in [6.45, 7) is 3.57. The lowest BCUT2D eigenvalue weighted by Gasteiger charge is -2.23. The minimum atomic E-state index is -3.10. The van der Waals surface area contributed by atoms with E-state index in [0.717, 1.165) is 0 Å². The molecule has 3 amide bonds. The van der Waals surface area contributed by atoms with E-state index in [0.29, 0.717) is 22.2 Å². The molecule has 1 aliphatic heterocycles. The Balaban J connectivity index is 1.98. The van der Waals surface area contributed by atoms with Gasteiger partial charge < -0.3 is 16.0 Å². The molecule has 26 heavy (non-hydrogen) atoms. The van der Waals surface area contributed by atoms with Gasteiger partial charge in [-0.05, 0) is 30.5 Å². The molecule has 2 atom stereocenters. The Hall–Kier alpha value is -1.51. The average molecular weight is 422 g/mol. The number of carbonyl (C=O) groups is 2. The van der Waals surface area contributed by atoms with Crippen molar-refractivity contribution < 1.29 is 18.0 Å². The Bertz CT molecular complexity index is 778. The number of halogens is 2. The van der Waals surface area contributed by atoms with E-state index in [1.54, 1.807) is 32.0 Å². The van der Waals surface area contributed by atoms with Crippen LogP contribution in [0, 0.1) is 5.92 Å². The first-order chi connectivity index (χ1) is 12.1. The summed E-state index contributed by atoms with van der Waals surface area (Å²) in [7, 11) is -3.10. The highest BCUT2D eigenvalue weighted by Crippen LogP contribution is 2.23. The van der Waals surface area contributed by atoms with Crippen LogP contribution in [0.2, 0.25) is 10.0 Å². The van der Waals surface area contributed by atoms with Gasteiger partial charge in [-0.25, -0.2) is 13.2 Å². The van der Waals surface area contributed by atoms with E-state index in [4.69, 9.17) is 23.2 Å². The van der Waals surface area contributed by atoms with Gasteiger partial charge in [0.05, 0.1) is 11.5 Å². The van der Waals surface area contributed by atoms with Gasteiger partial charge in [0.25, 0.3) is 0 Å². The van der Waals surface area contributed by atoms with Gasteiger partial charge in [-0.3, -0.25) is 4.79 Å². The Kier molecular flexibility index (Phi) is 6.76. The lowest BCUT2D eigenvalue weighted by Crippen LogP contribution is -2.52. The van der Waals surface area contributed by atoms with Crippen molar-refractivity contribution in [3.8, 4) is 0 Å².